The van der Waals surface area contributed by atoms with Crippen LogP contribution in [0.1, 0.15) is 5.56 Å². The van der Waals surface area contributed by atoms with E-state index in [1.54, 1.807) is 6.07 Å². The third kappa shape index (κ3) is 3.53. The second kappa shape index (κ2) is 7.66. The summed E-state index contributed by atoms with van der Waals surface area (Å²) in [5.41, 5.74) is 0.521. The van der Waals surface area contributed by atoms with Crippen LogP contribution in [0.2, 0.25) is 5.02 Å². The standard InChI is InChI=1S/C15H13BrClN3O4/c1-24-15(23)10-7-20(2-3-21)14(22)13(10)19-12-8(6-18)4-9(16)5-11(12)17/h4-5,19,21H,2-3,7H2,1H3. The predicted octanol–water partition coefficient (Wildman–Crippen LogP) is 1.65. The monoisotopic (exact) mass is 413 g/mol. The number of methoxy groups -OCH3 is 1. The van der Waals surface area contributed by atoms with Crippen LogP contribution in [0.15, 0.2) is 27.9 Å². The number of ether oxygens (including phenoxy) is 1. The van der Waals surface area contributed by atoms with Crippen LogP contribution in [0.3, 0.4) is 0 Å². The summed E-state index contributed by atoms with van der Waals surface area (Å²) in [6, 6.07) is 5.08. The lowest BCUT2D eigenvalue weighted by atomic mass is 10.1. The van der Waals surface area contributed by atoms with Crippen molar-refractivity contribution >= 4 is 45.1 Å². The summed E-state index contributed by atoms with van der Waals surface area (Å²) in [4.78, 5) is 25.7. The minimum Gasteiger partial charge on any atom is -0.466 e. The second-order valence-corrected chi connectivity index (χ2v) is 6.17. The molecule has 1 aromatic rings. The molecule has 2 rings (SSSR count). The first-order valence-corrected chi connectivity index (χ1v) is 7.97. The molecule has 0 saturated heterocycles. The highest BCUT2D eigenvalue weighted by molar-refractivity contribution is 9.10. The topological polar surface area (TPSA) is 103 Å². The number of hydrogen-bond donors (Lipinski definition) is 2. The summed E-state index contributed by atoms with van der Waals surface area (Å²) in [6.45, 7) is -0.163. The Hall–Kier alpha value is -2.08. The van der Waals surface area contributed by atoms with Gasteiger partial charge < -0.3 is 20.1 Å². The van der Waals surface area contributed by atoms with Gasteiger partial charge in [0.1, 0.15) is 11.8 Å². The van der Waals surface area contributed by atoms with Gasteiger partial charge in [0, 0.05) is 11.0 Å². The highest BCUT2D eigenvalue weighted by Crippen LogP contribution is 2.33. The zero-order chi connectivity index (χ0) is 17.9. The number of carbonyl (C=O) groups excluding carboxylic acids is 2. The van der Waals surface area contributed by atoms with E-state index in [9.17, 15) is 14.9 Å². The van der Waals surface area contributed by atoms with E-state index in [-0.39, 0.29) is 47.2 Å². The molecule has 7 nitrogen and oxygen atoms in total. The molecule has 0 bridgehead atoms. The fourth-order valence-electron chi connectivity index (χ4n) is 2.26. The van der Waals surface area contributed by atoms with Crippen LogP contribution in [-0.2, 0) is 14.3 Å². The molecule has 126 valence electrons. The largest absolute Gasteiger partial charge is 0.466 e. The summed E-state index contributed by atoms with van der Waals surface area (Å²) in [6.07, 6.45) is 0. The fraction of sp³-hybridized carbons (Fsp3) is 0.267. The number of carbonyl (C=O) groups is 2. The highest BCUT2D eigenvalue weighted by Gasteiger charge is 2.35. The van der Waals surface area contributed by atoms with Crippen molar-refractivity contribution in [2.75, 3.05) is 32.1 Å². The summed E-state index contributed by atoms with van der Waals surface area (Å²) in [5.74, 6) is -1.15. The van der Waals surface area contributed by atoms with Crippen LogP contribution in [0.4, 0.5) is 5.69 Å². The summed E-state index contributed by atoms with van der Waals surface area (Å²) < 4.78 is 5.31. The number of esters is 1. The average Bonchev–Trinajstić information content (AvgIpc) is 2.86. The maximum Gasteiger partial charge on any atom is 0.337 e. The zero-order valence-corrected chi connectivity index (χ0v) is 14.9. The molecule has 1 aliphatic heterocycles. The predicted molar refractivity (Wildman–Crippen MR) is 90.2 cm³/mol. The Bertz CT molecular complexity index is 773. The van der Waals surface area contributed by atoms with Gasteiger partial charge in [-0.25, -0.2) is 4.79 Å². The molecule has 0 radical (unpaired) electrons. The Morgan fingerprint density at radius 2 is 2.29 bits per heavy atom. The average molecular weight is 415 g/mol. The Morgan fingerprint density at radius 3 is 2.88 bits per heavy atom. The number of nitrogens with one attached hydrogen (secondary N) is 1. The lowest BCUT2D eigenvalue weighted by Gasteiger charge is -2.15. The SMILES string of the molecule is COC(=O)C1=C(Nc2c(Cl)cc(Br)cc2C#N)C(=O)N(CCO)C1. The van der Waals surface area contributed by atoms with Crippen LogP contribution in [0.25, 0.3) is 0 Å². The van der Waals surface area contributed by atoms with Gasteiger partial charge in [-0.2, -0.15) is 5.26 Å². The van der Waals surface area contributed by atoms with Crippen molar-refractivity contribution in [1.82, 2.24) is 4.90 Å². The fourth-order valence-corrected chi connectivity index (χ4v) is 3.12. The minimum atomic E-state index is -0.668. The van der Waals surface area contributed by atoms with Crippen LogP contribution < -0.4 is 5.32 Å². The molecule has 1 aromatic carbocycles. The number of benzene rings is 1. The third-order valence-corrected chi connectivity index (χ3v) is 4.13. The molecule has 0 unspecified atom stereocenters. The first kappa shape index (κ1) is 18.3. The van der Waals surface area contributed by atoms with Crippen molar-refractivity contribution in [1.29, 1.82) is 5.26 Å². The minimum absolute atomic E-state index is 0.00440. The molecule has 0 atom stereocenters. The number of halogens is 2. The molecule has 2 N–H and O–H groups in total. The molecule has 0 fully saturated rings. The van der Waals surface area contributed by atoms with E-state index < -0.39 is 11.9 Å². The maximum atomic E-state index is 12.5. The molecule has 24 heavy (non-hydrogen) atoms. The van der Waals surface area contributed by atoms with Crippen molar-refractivity contribution in [2.24, 2.45) is 0 Å². The van der Waals surface area contributed by atoms with Crippen LogP contribution in [-0.4, -0.2) is 48.7 Å². The first-order chi connectivity index (χ1) is 11.4. The molecule has 1 heterocycles. The Balaban J connectivity index is 2.47. The number of nitriles is 1. The van der Waals surface area contributed by atoms with Gasteiger partial charge in [-0.3, -0.25) is 4.79 Å². The normalized spacial score (nSPS) is 14.0. The van der Waals surface area contributed by atoms with Gasteiger partial charge in [-0.1, -0.05) is 27.5 Å². The van der Waals surface area contributed by atoms with Crippen molar-refractivity contribution in [2.45, 2.75) is 0 Å². The summed E-state index contributed by atoms with van der Waals surface area (Å²) >= 11 is 9.39. The van der Waals surface area contributed by atoms with Crippen LogP contribution in [0.5, 0.6) is 0 Å². The molecular weight excluding hydrogens is 402 g/mol. The second-order valence-electron chi connectivity index (χ2n) is 4.84. The molecule has 1 aliphatic rings. The quantitative estimate of drug-likeness (QED) is 0.710. The molecule has 0 aliphatic carbocycles. The van der Waals surface area contributed by atoms with E-state index in [1.165, 1.54) is 18.1 Å². The number of β-amino-alcohol motifs (C(OH)–C–C–N with tert-alkyl or cyclic N) is 1. The highest BCUT2D eigenvalue weighted by atomic mass is 79.9. The van der Waals surface area contributed by atoms with E-state index in [0.29, 0.717) is 4.47 Å². The van der Waals surface area contributed by atoms with Gasteiger partial charge in [0.05, 0.1) is 42.1 Å². The molecule has 0 saturated carbocycles. The van der Waals surface area contributed by atoms with E-state index >= 15 is 0 Å². The van der Waals surface area contributed by atoms with Crippen LogP contribution in [0, 0.1) is 11.3 Å². The smallest absolute Gasteiger partial charge is 0.337 e. The van der Waals surface area contributed by atoms with E-state index in [4.69, 9.17) is 21.4 Å². The molecular formula is C15H13BrClN3O4. The summed E-state index contributed by atoms with van der Waals surface area (Å²) in [5, 5.41) is 21.3. The van der Waals surface area contributed by atoms with Crippen molar-refractivity contribution in [3.8, 4) is 6.07 Å². The summed E-state index contributed by atoms with van der Waals surface area (Å²) in [7, 11) is 1.21. The molecule has 0 aromatic heterocycles. The lowest BCUT2D eigenvalue weighted by molar-refractivity contribution is -0.136. The Labute approximate surface area is 151 Å². The number of nitrogens with zero attached hydrogens (tertiary/aromatic N) is 2. The molecule has 1 amide bonds. The zero-order valence-electron chi connectivity index (χ0n) is 12.6. The van der Waals surface area contributed by atoms with E-state index in [1.807, 2.05) is 6.07 Å². The van der Waals surface area contributed by atoms with Crippen LogP contribution >= 0.6 is 27.5 Å². The van der Waals surface area contributed by atoms with E-state index in [2.05, 4.69) is 21.2 Å². The van der Waals surface area contributed by atoms with Gasteiger partial charge in [0.15, 0.2) is 0 Å². The van der Waals surface area contributed by atoms with Gasteiger partial charge in [0.2, 0.25) is 0 Å². The van der Waals surface area contributed by atoms with Crippen molar-refractivity contribution < 1.29 is 19.4 Å². The first-order valence-electron chi connectivity index (χ1n) is 6.80. The van der Waals surface area contributed by atoms with Gasteiger partial charge in [-0.15, -0.1) is 0 Å². The number of aliphatic hydroxyl groups excluding tert-OH is 1. The number of rotatable bonds is 5. The third-order valence-electron chi connectivity index (χ3n) is 3.38. The molecule has 0 spiro atoms. The van der Waals surface area contributed by atoms with Crippen molar-refractivity contribution in [3.05, 3.63) is 38.5 Å². The Kier molecular flexibility index (Phi) is 5.83. The van der Waals surface area contributed by atoms with Gasteiger partial charge in [0.25, 0.3) is 5.91 Å². The Morgan fingerprint density at radius 1 is 1.58 bits per heavy atom. The van der Waals surface area contributed by atoms with Crippen molar-refractivity contribution in [3.63, 3.8) is 0 Å². The maximum absolute atomic E-state index is 12.5. The van der Waals surface area contributed by atoms with Gasteiger partial charge in [-0.05, 0) is 12.1 Å². The number of amides is 1. The van der Waals surface area contributed by atoms with Gasteiger partial charge >= 0.3 is 5.97 Å². The number of anilines is 1. The lowest BCUT2D eigenvalue weighted by Crippen LogP contribution is -2.31. The molecule has 9 heteroatoms. The van der Waals surface area contributed by atoms with E-state index in [0.717, 1.165) is 0 Å². The number of hydrogen-bond acceptors (Lipinski definition) is 6. The number of aliphatic hydroxyl groups is 1.